The van der Waals surface area contributed by atoms with Gasteiger partial charge < -0.3 is 29.6 Å². The Labute approximate surface area is 305 Å². The molecule has 12 nitrogen and oxygen atoms in total. The number of esters is 2. The van der Waals surface area contributed by atoms with Gasteiger partial charge in [-0.3, -0.25) is 9.59 Å². The van der Waals surface area contributed by atoms with Crippen molar-refractivity contribution in [2.24, 2.45) is 10.8 Å². The van der Waals surface area contributed by atoms with Gasteiger partial charge in [-0.2, -0.15) is 0 Å². The number of amides is 2. The second-order valence-electron chi connectivity index (χ2n) is 16.9. The number of carbonyl (C=O) groups is 6. The maximum Gasteiger partial charge on any atom is 0.408 e. The standard InChI is InChI=1S/C40H52N2O10/c1-37(2,3)31(41-35(47)51-39(7,8)9)33(45)49-21-29(43)25-15-13-23-18-28-20-26(16-14-24(28)17-27(23)19-25)30(44)22-50-34(46)32(38(4,5)6)42-36(48)52-40(10,11)12/h13-20,31-32H,21-22H2,1-12H3,(H,41,47)(H,42,48). The molecule has 3 aromatic rings. The molecular weight excluding hydrogens is 668 g/mol. The Morgan fingerprint density at radius 2 is 0.827 bits per heavy atom. The van der Waals surface area contributed by atoms with Crippen molar-refractivity contribution >= 4 is 57.2 Å². The lowest BCUT2D eigenvalue weighted by molar-refractivity contribution is -0.148. The van der Waals surface area contributed by atoms with Gasteiger partial charge in [0.25, 0.3) is 0 Å². The first-order valence-electron chi connectivity index (χ1n) is 17.1. The van der Waals surface area contributed by atoms with Crippen LogP contribution in [0.2, 0.25) is 0 Å². The van der Waals surface area contributed by atoms with Crippen LogP contribution >= 0.6 is 0 Å². The lowest BCUT2D eigenvalue weighted by Gasteiger charge is -2.30. The molecule has 0 heterocycles. The number of Topliss-reactive ketones (excluding diaryl/α,β-unsaturated/α-hetero) is 2. The largest absolute Gasteiger partial charge is 0.456 e. The fraction of sp³-hybridized carbons (Fsp3) is 0.500. The maximum absolute atomic E-state index is 13.1. The summed E-state index contributed by atoms with van der Waals surface area (Å²) < 4.78 is 21.3. The number of rotatable bonds is 10. The molecule has 2 N–H and O–H groups in total. The number of alkyl carbamates (subject to hydrolysis) is 2. The molecular formula is C40H52N2O10. The minimum Gasteiger partial charge on any atom is -0.456 e. The first kappa shape index (κ1) is 41.4. The zero-order valence-corrected chi connectivity index (χ0v) is 32.3. The van der Waals surface area contributed by atoms with Crippen molar-refractivity contribution in [2.75, 3.05) is 13.2 Å². The molecule has 0 aliphatic heterocycles. The molecule has 0 fully saturated rings. The zero-order valence-electron chi connectivity index (χ0n) is 32.3. The number of ketones is 2. The lowest BCUT2D eigenvalue weighted by Crippen LogP contribution is -2.51. The summed E-state index contributed by atoms with van der Waals surface area (Å²) in [7, 11) is 0. The summed E-state index contributed by atoms with van der Waals surface area (Å²) in [4.78, 5) is 76.8. The van der Waals surface area contributed by atoms with Crippen LogP contribution in [0.1, 0.15) is 104 Å². The highest BCUT2D eigenvalue weighted by Gasteiger charge is 2.37. The van der Waals surface area contributed by atoms with Gasteiger partial charge in [-0.15, -0.1) is 0 Å². The van der Waals surface area contributed by atoms with E-state index in [9.17, 15) is 28.8 Å². The summed E-state index contributed by atoms with van der Waals surface area (Å²) in [5.74, 6) is -2.37. The fourth-order valence-electron chi connectivity index (χ4n) is 5.06. The molecule has 2 unspecified atom stereocenters. The molecule has 0 saturated heterocycles. The molecule has 0 aliphatic carbocycles. The third-order valence-corrected chi connectivity index (χ3v) is 7.66. The van der Waals surface area contributed by atoms with E-state index in [4.69, 9.17) is 18.9 Å². The molecule has 0 radical (unpaired) electrons. The van der Waals surface area contributed by atoms with Crippen molar-refractivity contribution < 1.29 is 47.7 Å². The van der Waals surface area contributed by atoms with Crippen molar-refractivity contribution in [1.82, 2.24) is 10.6 Å². The normalized spacial score (nSPS) is 13.5. The number of hydrogen-bond donors (Lipinski definition) is 2. The van der Waals surface area contributed by atoms with Gasteiger partial charge in [0.05, 0.1) is 0 Å². The van der Waals surface area contributed by atoms with Crippen LogP contribution in [-0.2, 0) is 28.5 Å². The van der Waals surface area contributed by atoms with Crippen LogP contribution in [-0.4, -0.2) is 72.2 Å². The van der Waals surface area contributed by atoms with Gasteiger partial charge in [-0.05, 0) is 98.2 Å². The smallest absolute Gasteiger partial charge is 0.408 e. The third kappa shape index (κ3) is 12.1. The number of fused-ring (bicyclic) bond motifs is 2. The summed E-state index contributed by atoms with van der Waals surface area (Å²) in [6, 6.07) is 11.8. The topological polar surface area (TPSA) is 163 Å². The molecule has 282 valence electrons. The van der Waals surface area contributed by atoms with Crippen molar-refractivity contribution in [3.8, 4) is 0 Å². The van der Waals surface area contributed by atoms with Crippen molar-refractivity contribution in [1.29, 1.82) is 0 Å². The highest BCUT2D eigenvalue weighted by molar-refractivity contribution is 6.07. The summed E-state index contributed by atoms with van der Waals surface area (Å²) in [5, 5.41) is 8.21. The van der Waals surface area contributed by atoms with Crippen LogP contribution in [0.15, 0.2) is 48.5 Å². The molecule has 0 bridgehead atoms. The molecule has 3 rings (SSSR count). The number of ether oxygens (including phenoxy) is 4. The molecule has 0 spiro atoms. The van der Waals surface area contributed by atoms with E-state index in [0.717, 1.165) is 21.5 Å². The molecule has 52 heavy (non-hydrogen) atoms. The van der Waals surface area contributed by atoms with E-state index < -0.39 is 83.0 Å². The van der Waals surface area contributed by atoms with Gasteiger partial charge in [0.1, 0.15) is 23.3 Å². The minimum absolute atomic E-state index is 0.329. The first-order chi connectivity index (χ1) is 23.7. The van der Waals surface area contributed by atoms with E-state index in [2.05, 4.69) is 10.6 Å². The van der Waals surface area contributed by atoms with Gasteiger partial charge in [-0.1, -0.05) is 65.8 Å². The summed E-state index contributed by atoms with van der Waals surface area (Å²) >= 11 is 0. The molecule has 0 aromatic heterocycles. The zero-order chi connectivity index (χ0) is 39.4. The Morgan fingerprint density at radius 3 is 1.12 bits per heavy atom. The Hall–Kier alpha value is -5.00. The van der Waals surface area contributed by atoms with E-state index in [1.807, 2.05) is 12.1 Å². The predicted octanol–water partition coefficient (Wildman–Crippen LogP) is 7.32. The van der Waals surface area contributed by atoms with Crippen molar-refractivity contribution in [3.63, 3.8) is 0 Å². The van der Waals surface area contributed by atoms with Gasteiger partial charge in [-0.25, -0.2) is 19.2 Å². The van der Waals surface area contributed by atoms with Crippen molar-refractivity contribution in [2.45, 2.75) is 106 Å². The van der Waals surface area contributed by atoms with Crippen LogP contribution in [0.3, 0.4) is 0 Å². The molecule has 2 amide bonds. The highest BCUT2D eigenvalue weighted by atomic mass is 16.6. The van der Waals surface area contributed by atoms with Crippen LogP contribution in [0.4, 0.5) is 9.59 Å². The quantitative estimate of drug-likeness (QED) is 0.0939. The molecule has 0 aliphatic rings. The first-order valence-corrected chi connectivity index (χ1v) is 17.1. The molecule has 3 aromatic carbocycles. The number of carbonyl (C=O) groups excluding carboxylic acids is 6. The van der Waals surface area contributed by atoms with E-state index in [1.54, 1.807) is 119 Å². The third-order valence-electron chi connectivity index (χ3n) is 7.66. The van der Waals surface area contributed by atoms with Gasteiger partial charge in [0, 0.05) is 11.1 Å². The number of nitrogens with one attached hydrogen (secondary N) is 2. The lowest BCUT2D eigenvalue weighted by atomic mass is 9.87. The monoisotopic (exact) mass is 720 g/mol. The van der Waals surface area contributed by atoms with Crippen LogP contribution < -0.4 is 10.6 Å². The van der Waals surface area contributed by atoms with Crippen LogP contribution in [0.5, 0.6) is 0 Å². The second kappa shape index (κ2) is 15.7. The van der Waals surface area contributed by atoms with E-state index >= 15 is 0 Å². The second-order valence-corrected chi connectivity index (χ2v) is 16.9. The van der Waals surface area contributed by atoms with Crippen LogP contribution in [0.25, 0.3) is 21.5 Å². The van der Waals surface area contributed by atoms with Gasteiger partial charge >= 0.3 is 24.1 Å². The number of hydrogen-bond acceptors (Lipinski definition) is 10. The van der Waals surface area contributed by atoms with Crippen LogP contribution in [0, 0.1) is 10.8 Å². The molecule has 2 atom stereocenters. The van der Waals surface area contributed by atoms with Gasteiger partial charge in [0.15, 0.2) is 24.8 Å². The fourth-order valence-corrected chi connectivity index (χ4v) is 5.06. The van der Waals surface area contributed by atoms with E-state index in [1.165, 1.54) is 0 Å². The summed E-state index contributed by atoms with van der Waals surface area (Å²) in [6.07, 6.45) is -1.53. The van der Waals surface area contributed by atoms with Crippen molar-refractivity contribution in [3.05, 3.63) is 59.7 Å². The maximum atomic E-state index is 13.1. The number of benzene rings is 3. The summed E-state index contributed by atoms with van der Waals surface area (Å²) in [5.41, 5.74) is -2.29. The SMILES string of the molecule is CC(C)(C)OC(=O)NC(C(=O)OCC(=O)c1ccc2cc3cc(C(=O)COC(=O)C(NC(=O)OC(C)(C)C)C(C)(C)C)ccc3cc2c1)C(C)(C)C. The Balaban J connectivity index is 1.70. The minimum atomic E-state index is -1.05. The molecule has 0 saturated carbocycles. The van der Waals surface area contributed by atoms with E-state index in [0.29, 0.717) is 11.1 Å². The Bertz CT molecular complexity index is 1720. The van der Waals surface area contributed by atoms with E-state index in [-0.39, 0.29) is 0 Å². The molecule has 12 heteroatoms. The summed E-state index contributed by atoms with van der Waals surface area (Å²) in [6.45, 7) is 19.8. The average Bonchev–Trinajstić information content (AvgIpc) is 2.99. The Kier molecular flexibility index (Phi) is 12.5. The average molecular weight is 721 g/mol. The predicted molar refractivity (Wildman–Crippen MR) is 197 cm³/mol. The highest BCUT2D eigenvalue weighted by Crippen LogP contribution is 2.27. The van der Waals surface area contributed by atoms with Gasteiger partial charge in [0.2, 0.25) is 0 Å². The Morgan fingerprint density at radius 1 is 0.500 bits per heavy atom.